The molecule has 0 aromatic carbocycles. The average molecular weight is 251 g/mol. The first-order valence-electron chi connectivity index (χ1n) is 7.01. The molecule has 0 aliphatic carbocycles. The summed E-state index contributed by atoms with van der Waals surface area (Å²) in [7, 11) is 1.96. The van der Waals surface area contributed by atoms with Crippen molar-refractivity contribution in [3.05, 3.63) is 17.8 Å². The molecule has 0 saturated carbocycles. The fourth-order valence-corrected chi connectivity index (χ4v) is 2.56. The van der Waals surface area contributed by atoms with E-state index in [9.17, 15) is 0 Å². The van der Waals surface area contributed by atoms with Crippen LogP contribution in [0.15, 0.2) is 10.7 Å². The Morgan fingerprint density at radius 2 is 2.39 bits per heavy atom. The Balaban J connectivity index is 1.81. The SMILES string of the molecule is CNCCc1coc(CC2CCN(C(C)C)C2)n1. The molecule has 0 radical (unpaired) electrons. The predicted molar refractivity (Wildman–Crippen MR) is 72.7 cm³/mol. The van der Waals surface area contributed by atoms with Crippen LogP contribution < -0.4 is 5.32 Å². The maximum Gasteiger partial charge on any atom is 0.194 e. The van der Waals surface area contributed by atoms with Gasteiger partial charge in [0.1, 0.15) is 6.26 Å². The van der Waals surface area contributed by atoms with E-state index in [-0.39, 0.29) is 0 Å². The summed E-state index contributed by atoms with van der Waals surface area (Å²) in [5.41, 5.74) is 1.07. The lowest BCUT2D eigenvalue weighted by Gasteiger charge is -2.19. The zero-order valence-electron chi connectivity index (χ0n) is 11.8. The molecule has 0 amide bonds. The van der Waals surface area contributed by atoms with E-state index in [0.29, 0.717) is 12.0 Å². The molecule has 0 bridgehead atoms. The molecule has 1 aliphatic heterocycles. The second-order valence-corrected chi connectivity index (χ2v) is 5.53. The van der Waals surface area contributed by atoms with Gasteiger partial charge in [0.25, 0.3) is 0 Å². The number of rotatable bonds is 6. The minimum atomic E-state index is 0.658. The van der Waals surface area contributed by atoms with Gasteiger partial charge in [0.15, 0.2) is 5.89 Å². The third kappa shape index (κ3) is 3.56. The van der Waals surface area contributed by atoms with Gasteiger partial charge in [-0.15, -0.1) is 0 Å². The van der Waals surface area contributed by atoms with Crippen molar-refractivity contribution < 1.29 is 4.42 Å². The van der Waals surface area contributed by atoms with Crippen LogP contribution in [0.25, 0.3) is 0 Å². The van der Waals surface area contributed by atoms with Crippen molar-refractivity contribution in [2.24, 2.45) is 5.92 Å². The second-order valence-electron chi connectivity index (χ2n) is 5.53. The molecule has 1 aromatic rings. The van der Waals surface area contributed by atoms with Crippen molar-refractivity contribution in [1.82, 2.24) is 15.2 Å². The maximum absolute atomic E-state index is 5.56. The number of nitrogens with one attached hydrogen (secondary N) is 1. The van der Waals surface area contributed by atoms with Crippen LogP contribution in [-0.2, 0) is 12.8 Å². The van der Waals surface area contributed by atoms with Gasteiger partial charge in [-0.2, -0.15) is 0 Å². The lowest BCUT2D eigenvalue weighted by molar-refractivity contribution is 0.262. The van der Waals surface area contributed by atoms with E-state index in [1.54, 1.807) is 0 Å². The summed E-state index contributed by atoms with van der Waals surface area (Å²) in [6.45, 7) is 7.89. The Bertz CT molecular complexity index is 362. The van der Waals surface area contributed by atoms with Crippen LogP contribution in [0, 0.1) is 5.92 Å². The summed E-state index contributed by atoms with van der Waals surface area (Å²) in [6, 6.07) is 0.658. The summed E-state index contributed by atoms with van der Waals surface area (Å²) >= 11 is 0. The minimum Gasteiger partial charge on any atom is -0.449 e. The highest BCUT2D eigenvalue weighted by Crippen LogP contribution is 2.22. The molecule has 2 heterocycles. The summed E-state index contributed by atoms with van der Waals surface area (Å²) < 4.78 is 5.56. The van der Waals surface area contributed by atoms with Gasteiger partial charge in [0, 0.05) is 32.0 Å². The molecule has 0 spiro atoms. The third-order valence-corrected chi connectivity index (χ3v) is 3.74. The van der Waals surface area contributed by atoms with Crippen molar-refractivity contribution in [3.8, 4) is 0 Å². The topological polar surface area (TPSA) is 41.3 Å². The number of nitrogens with zero attached hydrogens (tertiary/aromatic N) is 2. The zero-order valence-corrected chi connectivity index (χ0v) is 11.8. The molecule has 1 atom stereocenters. The molecule has 2 rings (SSSR count). The Labute approximate surface area is 110 Å². The van der Waals surface area contributed by atoms with E-state index in [2.05, 4.69) is 29.0 Å². The van der Waals surface area contributed by atoms with Gasteiger partial charge in [0.05, 0.1) is 5.69 Å². The molecular weight excluding hydrogens is 226 g/mol. The van der Waals surface area contributed by atoms with Crippen molar-refractivity contribution >= 4 is 0 Å². The highest BCUT2D eigenvalue weighted by molar-refractivity contribution is 4.98. The van der Waals surface area contributed by atoms with Gasteiger partial charge < -0.3 is 14.6 Å². The van der Waals surface area contributed by atoms with Crippen molar-refractivity contribution in [1.29, 1.82) is 0 Å². The quantitative estimate of drug-likeness (QED) is 0.835. The number of oxazole rings is 1. The molecule has 1 saturated heterocycles. The first-order chi connectivity index (χ1) is 8.69. The molecule has 1 aromatic heterocycles. The molecule has 18 heavy (non-hydrogen) atoms. The molecule has 1 fully saturated rings. The molecule has 4 heteroatoms. The average Bonchev–Trinajstić information content (AvgIpc) is 2.96. The number of hydrogen-bond acceptors (Lipinski definition) is 4. The summed E-state index contributed by atoms with van der Waals surface area (Å²) in [5, 5.41) is 3.13. The van der Waals surface area contributed by atoms with Crippen LogP contribution >= 0.6 is 0 Å². The molecule has 4 nitrogen and oxygen atoms in total. The zero-order chi connectivity index (χ0) is 13.0. The normalized spacial score (nSPS) is 21.0. The van der Waals surface area contributed by atoms with E-state index in [0.717, 1.165) is 31.0 Å². The van der Waals surface area contributed by atoms with E-state index in [1.165, 1.54) is 19.5 Å². The molecule has 102 valence electrons. The van der Waals surface area contributed by atoms with Gasteiger partial charge in [-0.05, 0) is 39.8 Å². The predicted octanol–water partition coefficient (Wildman–Crippen LogP) is 1.71. The van der Waals surface area contributed by atoms with Crippen LogP contribution in [0.5, 0.6) is 0 Å². The Kier molecular flexibility index (Phi) is 4.78. The fraction of sp³-hybridized carbons (Fsp3) is 0.786. The van der Waals surface area contributed by atoms with E-state index < -0.39 is 0 Å². The summed E-state index contributed by atoms with van der Waals surface area (Å²) in [6.07, 6.45) is 5.01. The minimum absolute atomic E-state index is 0.658. The molecule has 1 aliphatic rings. The molecular formula is C14H25N3O. The molecule has 1 N–H and O–H groups in total. The third-order valence-electron chi connectivity index (χ3n) is 3.74. The largest absolute Gasteiger partial charge is 0.449 e. The molecule has 1 unspecified atom stereocenters. The Morgan fingerprint density at radius 3 is 3.06 bits per heavy atom. The van der Waals surface area contributed by atoms with Crippen LogP contribution in [0.1, 0.15) is 31.9 Å². The summed E-state index contributed by atoms with van der Waals surface area (Å²) in [5.74, 6) is 1.62. The lowest BCUT2D eigenvalue weighted by Crippen LogP contribution is -2.28. The first kappa shape index (κ1) is 13.6. The number of hydrogen-bond donors (Lipinski definition) is 1. The van der Waals surface area contributed by atoms with E-state index in [4.69, 9.17) is 4.42 Å². The van der Waals surface area contributed by atoms with Gasteiger partial charge in [-0.3, -0.25) is 0 Å². The van der Waals surface area contributed by atoms with Crippen molar-refractivity contribution in [3.63, 3.8) is 0 Å². The van der Waals surface area contributed by atoms with Crippen LogP contribution in [-0.4, -0.2) is 42.6 Å². The highest BCUT2D eigenvalue weighted by Gasteiger charge is 2.25. The maximum atomic E-state index is 5.56. The van der Waals surface area contributed by atoms with E-state index >= 15 is 0 Å². The monoisotopic (exact) mass is 251 g/mol. The Hall–Kier alpha value is -0.870. The van der Waals surface area contributed by atoms with Crippen molar-refractivity contribution in [2.45, 2.75) is 39.2 Å². The van der Waals surface area contributed by atoms with Gasteiger partial charge in [0.2, 0.25) is 0 Å². The smallest absolute Gasteiger partial charge is 0.194 e. The van der Waals surface area contributed by atoms with Crippen LogP contribution in [0.4, 0.5) is 0 Å². The number of likely N-dealkylation sites (N-methyl/N-ethyl adjacent to an activating group) is 1. The summed E-state index contributed by atoms with van der Waals surface area (Å²) in [4.78, 5) is 7.09. The van der Waals surface area contributed by atoms with Gasteiger partial charge >= 0.3 is 0 Å². The highest BCUT2D eigenvalue weighted by atomic mass is 16.3. The first-order valence-corrected chi connectivity index (χ1v) is 7.01. The second kappa shape index (κ2) is 6.34. The standard InChI is InChI=1S/C14H25N3O/c1-11(2)17-7-5-12(9-17)8-14-16-13(10-18-14)4-6-15-3/h10-12,15H,4-9H2,1-3H3. The van der Waals surface area contributed by atoms with Crippen LogP contribution in [0.2, 0.25) is 0 Å². The number of likely N-dealkylation sites (tertiary alicyclic amines) is 1. The lowest BCUT2D eigenvalue weighted by atomic mass is 10.1. The van der Waals surface area contributed by atoms with Gasteiger partial charge in [-0.1, -0.05) is 0 Å². The van der Waals surface area contributed by atoms with E-state index in [1.807, 2.05) is 13.3 Å². The fourth-order valence-electron chi connectivity index (χ4n) is 2.56. The van der Waals surface area contributed by atoms with Gasteiger partial charge in [-0.25, -0.2) is 4.98 Å². The number of aromatic nitrogens is 1. The van der Waals surface area contributed by atoms with Crippen molar-refractivity contribution in [2.75, 3.05) is 26.7 Å². The van der Waals surface area contributed by atoms with Crippen LogP contribution in [0.3, 0.4) is 0 Å². The Morgan fingerprint density at radius 1 is 1.56 bits per heavy atom.